The summed E-state index contributed by atoms with van der Waals surface area (Å²) in [6.07, 6.45) is 0. The van der Waals surface area contributed by atoms with E-state index in [1.165, 1.54) is 6.07 Å². The van der Waals surface area contributed by atoms with Gasteiger partial charge in [-0.05, 0) is 30.2 Å². The minimum Gasteiger partial charge on any atom is -0.322 e. The molecule has 1 N–H and O–H groups in total. The average Bonchev–Trinajstić information content (AvgIpc) is 2.38. The number of benzene rings is 2. The minimum atomic E-state index is -0.267. The third kappa shape index (κ3) is 2.03. The van der Waals surface area contributed by atoms with E-state index in [1.54, 1.807) is 24.3 Å². The summed E-state index contributed by atoms with van der Waals surface area (Å²) in [6, 6.07) is 13.7. The highest BCUT2D eigenvalue weighted by Gasteiger charge is 2.06. The van der Waals surface area contributed by atoms with E-state index in [0.717, 1.165) is 22.0 Å². The molecule has 0 saturated heterocycles. The van der Waals surface area contributed by atoms with E-state index in [0.29, 0.717) is 5.56 Å². The highest BCUT2D eigenvalue weighted by molar-refractivity contribution is 5.86. The molecule has 0 saturated carbocycles. The first-order valence-corrected chi connectivity index (χ1v) is 6.04. The summed E-state index contributed by atoms with van der Waals surface area (Å²) >= 11 is 0. The Bertz CT molecular complexity index is 820. The number of pyridine rings is 1. The fourth-order valence-electron chi connectivity index (χ4n) is 2.30. The Hall–Kier alpha value is -2.42. The summed E-state index contributed by atoms with van der Waals surface area (Å²) in [5, 5.41) is 0.972. The maximum absolute atomic E-state index is 13.8. The standard InChI is InChI=1S/C16H12FNO/c1-10-8-16(19)18-15-9-11(6-7-12(10)15)13-4-2-3-5-14(13)17/h2-9H,1H3,(H,18,19). The SMILES string of the molecule is Cc1cc(=O)[nH]c2cc(-c3ccccc3F)ccc12. The molecule has 0 aliphatic carbocycles. The van der Waals surface area contributed by atoms with Gasteiger partial charge < -0.3 is 4.98 Å². The number of hydrogen-bond donors (Lipinski definition) is 1. The number of aryl methyl sites for hydroxylation is 1. The van der Waals surface area contributed by atoms with Gasteiger partial charge in [0.15, 0.2) is 0 Å². The lowest BCUT2D eigenvalue weighted by atomic mass is 10.0. The molecule has 0 unspecified atom stereocenters. The number of rotatable bonds is 1. The number of halogens is 1. The molecular formula is C16H12FNO. The zero-order chi connectivity index (χ0) is 13.4. The monoisotopic (exact) mass is 253 g/mol. The number of nitrogens with one attached hydrogen (secondary N) is 1. The van der Waals surface area contributed by atoms with Crippen LogP contribution in [0.5, 0.6) is 0 Å². The Morgan fingerprint density at radius 3 is 2.63 bits per heavy atom. The molecule has 0 aliphatic rings. The highest BCUT2D eigenvalue weighted by Crippen LogP contribution is 2.26. The van der Waals surface area contributed by atoms with Crippen molar-refractivity contribution in [2.75, 3.05) is 0 Å². The van der Waals surface area contributed by atoms with Gasteiger partial charge in [-0.25, -0.2) is 4.39 Å². The number of fused-ring (bicyclic) bond motifs is 1. The first-order chi connectivity index (χ1) is 9.15. The van der Waals surface area contributed by atoms with E-state index < -0.39 is 0 Å². The van der Waals surface area contributed by atoms with Crippen molar-refractivity contribution in [3.05, 3.63) is 70.3 Å². The molecule has 2 nitrogen and oxygen atoms in total. The molecule has 94 valence electrons. The van der Waals surface area contributed by atoms with E-state index in [-0.39, 0.29) is 11.4 Å². The highest BCUT2D eigenvalue weighted by atomic mass is 19.1. The molecule has 1 aromatic heterocycles. The molecule has 0 radical (unpaired) electrons. The molecule has 0 amide bonds. The van der Waals surface area contributed by atoms with Crippen LogP contribution in [0.2, 0.25) is 0 Å². The Morgan fingerprint density at radius 2 is 1.84 bits per heavy atom. The van der Waals surface area contributed by atoms with E-state index in [4.69, 9.17) is 0 Å². The van der Waals surface area contributed by atoms with E-state index in [9.17, 15) is 9.18 Å². The lowest BCUT2D eigenvalue weighted by Crippen LogP contribution is -2.04. The van der Waals surface area contributed by atoms with Gasteiger partial charge in [-0.3, -0.25) is 4.79 Å². The van der Waals surface area contributed by atoms with Gasteiger partial charge in [0, 0.05) is 22.5 Å². The second-order valence-corrected chi connectivity index (χ2v) is 4.56. The van der Waals surface area contributed by atoms with Crippen LogP contribution in [0.1, 0.15) is 5.56 Å². The molecule has 3 heteroatoms. The zero-order valence-corrected chi connectivity index (χ0v) is 10.4. The normalized spacial score (nSPS) is 10.8. The van der Waals surface area contributed by atoms with E-state index in [2.05, 4.69) is 4.98 Å². The van der Waals surface area contributed by atoms with Crippen LogP contribution < -0.4 is 5.56 Å². The second-order valence-electron chi connectivity index (χ2n) is 4.56. The summed E-state index contributed by atoms with van der Waals surface area (Å²) in [5.74, 6) is -0.267. The Morgan fingerprint density at radius 1 is 1.05 bits per heavy atom. The summed E-state index contributed by atoms with van der Waals surface area (Å²) in [6.45, 7) is 1.89. The van der Waals surface area contributed by atoms with Crippen LogP contribution in [0, 0.1) is 12.7 Å². The molecule has 0 bridgehead atoms. The second kappa shape index (κ2) is 4.35. The van der Waals surface area contributed by atoms with Crippen LogP contribution in [-0.4, -0.2) is 4.98 Å². The Labute approximate surface area is 109 Å². The molecule has 3 rings (SSSR count). The van der Waals surface area contributed by atoms with Gasteiger partial charge in [0.1, 0.15) is 5.82 Å². The van der Waals surface area contributed by atoms with Gasteiger partial charge in [0.2, 0.25) is 5.56 Å². The first-order valence-electron chi connectivity index (χ1n) is 6.04. The summed E-state index contributed by atoms with van der Waals surface area (Å²) in [5.41, 5.74) is 2.79. The van der Waals surface area contributed by atoms with Crippen LogP contribution in [-0.2, 0) is 0 Å². The molecule has 2 aromatic carbocycles. The van der Waals surface area contributed by atoms with Crippen LogP contribution in [0.25, 0.3) is 22.0 Å². The number of aromatic nitrogens is 1. The molecule has 0 fully saturated rings. The first kappa shape index (κ1) is 11.7. The zero-order valence-electron chi connectivity index (χ0n) is 10.4. The fourth-order valence-corrected chi connectivity index (χ4v) is 2.30. The van der Waals surface area contributed by atoms with Gasteiger partial charge in [0.25, 0.3) is 0 Å². The number of aromatic amines is 1. The van der Waals surface area contributed by atoms with Crippen molar-refractivity contribution in [1.82, 2.24) is 4.98 Å². The van der Waals surface area contributed by atoms with Crippen molar-refractivity contribution >= 4 is 10.9 Å². The lowest BCUT2D eigenvalue weighted by Gasteiger charge is -2.06. The van der Waals surface area contributed by atoms with Crippen molar-refractivity contribution in [1.29, 1.82) is 0 Å². The molecule has 0 spiro atoms. The van der Waals surface area contributed by atoms with E-state index >= 15 is 0 Å². The molecule has 19 heavy (non-hydrogen) atoms. The largest absolute Gasteiger partial charge is 0.322 e. The van der Waals surface area contributed by atoms with Crippen LogP contribution in [0.4, 0.5) is 4.39 Å². The molecule has 0 atom stereocenters. The van der Waals surface area contributed by atoms with Gasteiger partial charge >= 0.3 is 0 Å². The average molecular weight is 253 g/mol. The van der Waals surface area contributed by atoms with Gasteiger partial charge in [-0.15, -0.1) is 0 Å². The van der Waals surface area contributed by atoms with Crippen LogP contribution in [0.3, 0.4) is 0 Å². The predicted molar refractivity (Wildman–Crippen MR) is 74.7 cm³/mol. The smallest absolute Gasteiger partial charge is 0.248 e. The number of H-pyrrole nitrogens is 1. The van der Waals surface area contributed by atoms with Crippen molar-refractivity contribution in [2.45, 2.75) is 6.92 Å². The summed E-state index contributed by atoms with van der Waals surface area (Å²) < 4.78 is 13.8. The quantitative estimate of drug-likeness (QED) is 0.705. The van der Waals surface area contributed by atoms with Crippen molar-refractivity contribution in [3.63, 3.8) is 0 Å². The minimum absolute atomic E-state index is 0.143. The van der Waals surface area contributed by atoms with E-state index in [1.807, 2.05) is 25.1 Å². The van der Waals surface area contributed by atoms with Crippen molar-refractivity contribution in [2.24, 2.45) is 0 Å². The maximum Gasteiger partial charge on any atom is 0.248 e. The van der Waals surface area contributed by atoms with Crippen molar-refractivity contribution < 1.29 is 4.39 Å². The lowest BCUT2D eigenvalue weighted by molar-refractivity contribution is 0.631. The van der Waals surface area contributed by atoms with Gasteiger partial charge in [0.05, 0.1) is 0 Å². The topological polar surface area (TPSA) is 32.9 Å². The summed E-state index contributed by atoms with van der Waals surface area (Å²) in [7, 11) is 0. The van der Waals surface area contributed by atoms with Crippen LogP contribution in [0.15, 0.2) is 53.3 Å². The summed E-state index contributed by atoms with van der Waals surface area (Å²) in [4.78, 5) is 14.3. The molecule has 1 heterocycles. The molecule has 3 aromatic rings. The Balaban J connectivity index is 2.28. The van der Waals surface area contributed by atoms with Gasteiger partial charge in [-0.1, -0.05) is 30.3 Å². The third-order valence-electron chi connectivity index (χ3n) is 3.23. The fraction of sp³-hybridized carbons (Fsp3) is 0.0625. The maximum atomic E-state index is 13.8. The molecular weight excluding hydrogens is 241 g/mol. The number of hydrogen-bond acceptors (Lipinski definition) is 1. The molecule has 0 aliphatic heterocycles. The van der Waals surface area contributed by atoms with Gasteiger partial charge in [-0.2, -0.15) is 0 Å². The third-order valence-corrected chi connectivity index (χ3v) is 3.23. The Kier molecular flexibility index (Phi) is 2.67. The van der Waals surface area contributed by atoms with Crippen LogP contribution >= 0.6 is 0 Å². The van der Waals surface area contributed by atoms with Crippen molar-refractivity contribution in [3.8, 4) is 11.1 Å². The predicted octanol–water partition coefficient (Wildman–Crippen LogP) is 3.64.